The van der Waals surface area contributed by atoms with E-state index >= 15 is 0 Å². The molecule has 0 unspecified atom stereocenters. The number of rotatable bonds is 2. The number of fused-ring (bicyclic) bond motifs is 1. The van der Waals surface area contributed by atoms with Crippen LogP contribution in [0.15, 0.2) is 35.5 Å². The highest BCUT2D eigenvalue weighted by molar-refractivity contribution is 5.95. The molecule has 0 saturated heterocycles. The van der Waals surface area contributed by atoms with Gasteiger partial charge in [0.1, 0.15) is 5.82 Å². The van der Waals surface area contributed by atoms with Gasteiger partial charge in [-0.3, -0.25) is 4.79 Å². The van der Waals surface area contributed by atoms with Gasteiger partial charge in [-0.25, -0.2) is 14.1 Å². The number of anilines is 1. The molecule has 0 aliphatic carbocycles. The average molecular weight is 355 g/mol. The summed E-state index contributed by atoms with van der Waals surface area (Å²) in [5.74, 6) is -2.77. The molecule has 1 aromatic heterocycles. The van der Waals surface area contributed by atoms with Crippen LogP contribution in [0.2, 0.25) is 0 Å². The summed E-state index contributed by atoms with van der Waals surface area (Å²) in [7, 11) is 0. The minimum Gasteiger partial charge on any atom is -0.368 e. The number of amides is 1. The van der Waals surface area contributed by atoms with E-state index in [1.54, 1.807) is 18.3 Å². The first-order valence-corrected chi connectivity index (χ1v) is 7.17. The van der Waals surface area contributed by atoms with E-state index in [-0.39, 0.29) is 23.6 Å². The number of carbonyl (C=O) groups is 1. The Morgan fingerprint density at radius 2 is 2.08 bits per heavy atom. The third-order valence-electron chi connectivity index (χ3n) is 3.89. The second-order valence-corrected chi connectivity index (χ2v) is 5.80. The zero-order chi connectivity index (χ0) is 18.4. The molecule has 1 aliphatic rings. The Bertz CT molecular complexity index is 873. The van der Waals surface area contributed by atoms with Gasteiger partial charge in [0.25, 0.3) is 0 Å². The van der Waals surface area contributed by atoms with Crippen LogP contribution in [0.25, 0.3) is 0 Å². The maximum Gasteiger partial charge on any atom is 0.471 e. The number of nitrogens with zero attached hydrogens (tertiary/aromatic N) is 3. The van der Waals surface area contributed by atoms with Crippen LogP contribution in [0.5, 0.6) is 0 Å². The van der Waals surface area contributed by atoms with Gasteiger partial charge in [-0.05, 0) is 31.2 Å². The molecule has 0 bridgehead atoms. The number of carbonyl (C=O) groups excluding carboxylic acids is 1. The van der Waals surface area contributed by atoms with Crippen LogP contribution in [-0.2, 0) is 16.8 Å². The molecule has 1 aromatic carbocycles. The van der Waals surface area contributed by atoms with E-state index in [0.717, 1.165) is 18.2 Å². The summed E-state index contributed by atoms with van der Waals surface area (Å²) in [6, 6.07) is 4.84. The maximum absolute atomic E-state index is 14.3. The van der Waals surface area contributed by atoms with Crippen molar-refractivity contribution in [3.05, 3.63) is 47.5 Å². The molecule has 3 N–H and O–H groups in total. The molecule has 6 nitrogen and oxygen atoms in total. The Balaban J connectivity index is 1.99. The maximum atomic E-state index is 14.3. The van der Waals surface area contributed by atoms with Crippen molar-refractivity contribution in [2.45, 2.75) is 25.1 Å². The summed E-state index contributed by atoms with van der Waals surface area (Å²) >= 11 is 0. The van der Waals surface area contributed by atoms with Gasteiger partial charge >= 0.3 is 12.1 Å². The zero-order valence-corrected chi connectivity index (χ0v) is 12.9. The van der Waals surface area contributed by atoms with Crippen molar-refractivity contribution >= 4 is 17.6 Å². The number of hydrogen-bond acceptors (Lipinski definition) is 4. The predicted octanol–water partition coefficient (Wildman–Crippen LogP) is 2.16. The molecule has 1 amide bonds. The number of aromatic nitrogens is 2. The van der Waals surface area contributed by atoms with Gasteiger partial charge in [-0.2, -0.15) is 18.3 Å². The summed E-state index contributed by atoms with van der Waals surface area (Å²) < 4.78 is 52.9. The largest absolute Gasteiger partial charge is 0.471 e. The average Bonchev–Trinajstić information content (AvgIpc) is 2.96. The van der Waals surface area contributed by atoms with Crippen molar-refractivity contribution in [1.29, 1.82) is 0 Å². The Hall–Kier alpha value is -2.91. The minimum absolute atomic E-state index is 0.0166. The Labute approximate surface area is 139 Å². The predicted molar refractivity (Wildman–Crippen MR) is 81.4 cm³/mol. The van der Waals surface area contributed by atoms with E-state index in [2.05, 4.69) is 10.1 Å². The number of nitrogens with two attached hydrogens (primary N) is 1. The molecule has 0 radical (unpaired) electrons. The number of aliphatic imine (C=N–C) groups is 1. The third kappa shape index (κ3) is 3.06. The second kappa shape index (κ2) is 5.57. The van der Waals surface area contributed by atoms with Crippen LogP contribution in [0, 0.1) is 5.82 Å². The van der Waals surface area contributed by atoms with E-state index in [1.165, 1.54) is 10.9 Å². The van der Waals surface area contributed by atoms with Crippen LogP contribution < -0.4 is 11.1 Å². The third-order valence-corrected chi connectivity index (χ3v) is 3.89. The standard InChI is InChI=1S/C15H13F4N5O/c1-14(7-9-4-5-21-24(9)13(20)23-14)10-6-8(2-3-11(10)16)22-12(25)15(17,18)19/h2-6H,7H2,1H3,(H2,20,23)(H,22,25)/t14-/m0/s1. The van der Waals surface area contributed by atoms with Crippen LogP contribution in [0.4, 0.5) is 23.2 Å². The summed E-state index contributed by atoms with van der Waals surface area (Å²) in [5, 5.41) is 5.69. The lowest BCUT2D eigenvalue weighted by atomic mass is 9.86. The highest BCUT2D eigenvalue weighted by Crippen LogP contribution is 2.35. The smallest absolute Gasteiger partial charge is 0.368 e. The van der Waals surface area contributed by atoms with Gasteiger partial charge in [0.2, 0.25) is 5.96 Å². The summed E-state index contributed by atoms with van der Waals surface area (Å²) in [4.78, 5) is 15.3. The first-order chi connectivity index (χ1) is 11.6. The fourth-order valence-corrected chi connectivity index (χ4v) is 2.74. The summed E-state index contributed by atoms with van der Waals surface area (Å²) in [6.07, 6.45) is -3.29. The number of benzene rings is 1. The highest BCUT2D eigenvalue weighted by Gasteiger charge is 2.39. The van der Waals surface area contributed by atoms with Crippen LogP contribution >= 0.6 is 0 Å². The number of halogens is 4. The number of alkyl halides is 3. The molecule has 10 heteroatoms. The lowest BCUT2D eigenvalue weighted by Gasteiger charge is -2.31. The lowest BCUT2D eigenvalue weighted by molar-refractivity contribution is -0.167. The molecule has 1 atom stereocenters. The second-order valence-electron chi connectivity index (χ2n) is 5.80. The van der Waals surface area contributed by atoms with E-state index in [0.29, 0.717) is 5.69 Å². The summed E-state index contributed by atoms with van der Waals surface area (Å²) in [5.41, 5.74) is 5.20. The molecule has 25 heavy (non-hydrogen) atoms. The molecule has 132 valence electrons. The van der Waals surface area contributed by atoms with E-state index in [9.17, 15) is 22.4 Å². The molecule has 0 fully saturated rings. The monoisotopic (exact) mass is 355 g/mol. The topological polar surface area (TPSA) is 85.3 Å². The van der Waals surface area contributed by atoms with Gasteiger partial charge in [0.15, 0.2) is 0 Å². The number of hydrogen-bond donors (Lipinski definition) is 2. The van der Waals surface area contributed by atoms with Crippen molar-refractivity contribution in [3.8, 4) is 0 Å². The van der Waals surface area contributed by atoms with Gasteiger partial charge in [-0.15, -0.1) is 0 Å². The first kappa shape index (κ1) is 16.9. The van der Waals surface area contributed by atoms with E-state index in [4.69, 9.17) is 5.73 Å². The Morgan fingerprint density at radius 3 is 2.76 bits per heavy atom. The van der Waals surface area contributed by atoms with Crippen LogP contribution in [-0.4, -0.2) is 27.8 Å². The van der Waals surface area contributed by atoms with Crippen LogP contribution in [0.1, 0.15) is 18.2 Å². The van der Waals surface area contributed by atoms with E-state index in [1.807, 2.05) is 0 Å². The molecule has 3 rings (SSSR count). The zero-order valence-electron chi connectivity index (χ0n) is 12.9. The van der Waals surface area contributed by atoms with Crippen molar-refractivity contribution in [1.82, 2.24) is 9.78 Å². The minimum atomic E-state index is -5.04. The molecular formula is C15H13F4N5O. The van der Waals surface area contributed by atoms with Gasteiger partial charge in [-0.1, -0.05) is 0 Å². The van der Waals surface area contributed by atoms with Crippen molar-refractivity contribution in [3.63, 3.8) is 0 Å². The van der Waals surface area contributed by atoms with Crippen molar-refractivity contribution < 1.29 is 22.4 Å². The first-order valence-electron chi connectivity index (χ1n) is 7.17. The Kier molecular flexibility index (Phi) is 3.77. The van der Waals surface area contributed by atoms with Crippen LogP contribution in [0.3, 0.4) is 0 Å². The normalized spacial score (nSPS) is 20.0. The van der Waals surface area contributed by atoms with Crippen molar-refractivity contribution in [2.24, 2.45) is 10.7 Å². The highest BCUT2D eigenvalue weighted by atomic mass is 19.4. The van der Waals surface area contributed by atoms with Gasteiger partial charge < -0.3 is 11.1 Å². The fourth-order valence-electron chi connectivity index (χ4n) is 2.74. The van der Waals surface area contributed by atoms with Gasteiger partial charge in [0.05, 0.1) is 11.2 Å². The molecule has 1 aliphatic heterocycles. The van der Waals surface area contributed by atoms with Crippen molar-refractivity contribution in [2.75, 3.05) is 5.32 Å². The molecule has 2 aromatic rings. The lowest BCUT2D eigenvalue weighted by Crippen LogP contribution is -2.38. The SMILES string of the molecule is C[C@@]1(c2cc(NC(=O)C(F)(F)F)ccc2F)Cc2ccnn2C(N)=N1. The number of nitrogens with one attached hydrogen (secondary N) is 1. The Morgan fingerprint density at radius 1 is 1.36 bits per heavy atom. The molecular weight excluding hydrogens is 342 g/mol. The molecule has 2 heterocycles. The fraction of sp³-hybridized carbons (Fsp3) is 0.267. The van der Waals surface area contributed by atoms with Gasteiger partial charge in [0, 0.05) is 23.9 Å². The molecule has 0 saturated carbocycles. The molecule has 0 spiro atoms. The quantitative estimate of drug-likeness (QED) is 0.810. The van der Waals surface area contributed by atoms with E-state index < -0.39 is 23.4 Å². The summed E-state index contributed by atoms with van der Waals surface area (Å²) in [6.45, 7) is 1.60.